The number of hydrogen-bond donors (Lipinski definition) is 1. The first-order valence-electron chi connectivity index (χ1n) is 8.49. The maximum atomic E-state index is 12.4. The van der Waals surface area contributed by atoms with Gasteiger partial charge in [-0.25, -0.2) is 4.98 Å². The number of benzene rings is 1. The van der Waals surface area contributed by atoms with E-state index in [1.165, 1.54) is 0 Å². The zero-order valence-electron chi connectivity index (χ0n) is 14.3. The molecule has 6 heteroatoms. The van der Waals surface area contributed by atoms with Gasteiger partial charge in [-0.05, 0) is 19.8 Å². The zero-order chi connectivity index (χ0) is 17.9. The van der Waals surface area contributed by atoms with Gasteiger partial charge in [-0.1, -0.05) is 30.3 Å². The van der Waals surface area contributed by atoms with E-state index in [-0.39, 0.29) is 18.9 Å². The van der Waals surface area contributed by atoms with Crippen LogP contribution in [0.3, 0.4) is 0 Å². The fraction of sp³-hybridized carbons (Fsp3) is 0.421. The number of carboxylic acids is 1. The molecule has 1 aromatic carbocycles. The number of piperidine rings is 1. The molecule has 2 heterocycles. The molecule has 1 N–H and O–H groups in total. The molecule has 1 aliphatic heterocycles. The lowest BCUT2D eigenvalue weighted by atomic mass is 9.82. The van der Waals surface area contributed by atoms with Crippen molar-refractivity contribution in [2.24, 2.45) is 5.41 Å². The molecule has 0 radical (unpaired) electrons. The number of carbonyl (C=O) groups excluding carboxylic acids is 1. The number of aromatic nitrogens is 1. The number of rotatable bonds is 5. The van der Waals surface area contributed by atoms with Gasteiger partial charge in [0.2, 0.25) is 5.91 Å². The molecule has 3 rings (SSSR count). The van der Waals surface area contributed by atoms with Crippen molar-refractivity contribution >= 4 is 11.9 Å². The molecule has 1 amide bonds. The molecule has 0 saturated carbocycles. The minimum absolute atomic E-state index is 0.0494. The van der Waals surface area contributed by atoms with Crippen molar-refractivity contribution in [3.63, 3.8) is 0 Å². The molecule has 0 aliphatic carbocycles. The van der Waals surface area contributed by atoms with Crippen LogP contribution in [0.2, 0.25) is 0 Å². The Labute approximate surface area is 146 Å². The fourth-order valence-corrected chi connectivity index (χ4v) is 3.16. The first-order chi connectivity index (χ1) is 12.0. The maximum absolute atomic E-state index is 12.4. The third-order valence-corrected chi connectivity index (χ3v) is 4.73. The summed E-state index contributed by atoms with van der Waals surface area (Å²) in [5, 5.41) is 9.35. The standard InChI is InChI=1S/C19H22N2O4/c1-19(18(23)24)10-5-11-21(13-19)17(22)9-8-16-20-12-15(25-16)14-6-3-2-4-7-14/h2-4,6-7,12H,5,8-11,13H2,1H3,(H,23,24). The third kappa shape index (κ3) is 3.90. The largest absolute Gasteiger partial charge is 0.481 e. The van der Waals surface area contributed by atoms with E-state index >= 15 is 0 Å². The molecule has 6 nitrogen and oxygen atoms in total. The quantitative estimate of drug-likeness (QED) is 0.903. The normalized spacial score (nSPS) is 20.4. The van der Waals surface area contributed by atoms with Gasteiger partial charge in [-0.15, -0.1) is 0 Å². The number of aliphatic carboxylic acids is 1. The monoisotopic (exact) mass is 342 g/mol. The van der Waals surface area contributed by atoms with Gasteiger partial charge >= 0.3 is 5.97 Å². The summed E-state index contributed by atoms with van der Waals surface area (Å²) >= 11 is 0. The van der Waals surface area contributed by atoms with E-state index in [0.29, 0.717) is 37.5 Å². The zero-order valence-corrected chi connectivity index (χ0v) is 14.3. The predicted octanol–water partition coefficient (Wildman–Crippen LogP) is 2.99. The summed E-state index contributed by atoms with van der Waals surface area (Å²) in [5.41, 5.74) is 0.0953. The van der Waals surface area contributed by atoms with E-state index in [4.69, 9.17) is 4.42 Å². The highest BCUT2D eigenvalue weighted by Crippen LogP contribution is 2.30. The SMILES string of the molecule is CC1(C(=O)O)CCCN(C(=O)CCc2ncc(-c3ccccc3)o2)C1. The molecule has 1 fully saturated rings. The molecule has 2 aromatic rings. The summed E-state index contributed by atoms with van der Waals surface area (Å²) in [4.78, 5) is 29.7. The van der Waals surface area contributed by atoms with Crippen molar-refractivity contribution < 1.29 is 19.1 Å². The average molecular weight is 342 g/mol. The van der Waals surface area contributed by atoms with Crippen LogP contribution in [0, 0.1) is 5.41 Å². The van der Waals surface area contributed by atoms with Crippen molar-refractivity contribution in [3.8, 4) is 11.3 Å². The molecule has 132 valence electrons. The van der Waals surface area contributed by atoms with Crippen molar-refractivity contribution in [1.29, 1.82) is 0 Å². The van der Waals surface area contributed by atoms with Crippen LogP contribution in [0.4, 0.5) is 0 Å². The number of amides is 1. The van der Waals surface area contributed by atoms with Crippen LogP contribution >= 0.6 is 0 Å². The molecule has 1 aliphatic rings. The summed E-state index contributed by atoms with van der Waals surface area (Å²) in [5.74, 6) is 0.307. The number of aryl methyl sites for hydroxylation is 1. The average Bonchev–Trinajstić information content (AvgIpc) is 3.09. The van der Waals surface area contributed by atoms with Gasteiger partial charge in [0.1, 0.15) is 0 Å². The number of carboxylic acid groups (broad SMARTS) is 1. The molecule has 1 unspecified atom stereocenters. The molecule has 1 atom stereocenters. The van der Waals surface area contributed by atoms with Crippen LogP contribution in [-0.4, -0.2) is 40.0 Å². The van der Waals surface area contributed by atoms with E-state index in [1.807, 2.05) is 30.3 Å². The fourth-order valence-electron chi connectivity index (χ4n) is 3.16. The highest BCUT2D eigenvalue weighted by Gasteiger charge is 2.39. The Hall–Kier alpha value is -2.63. The Morgan fingerprint density at radius 2 is 2.08 bits per heavy atom. The van der Waals surface area contributed by atoms with Crippen LogP contribution in [0.15, 0.2) is 40.9 Å². The highest BCUT2D eigenvalue weighted by atomic mass is 16.4. The molecular weight excluding hydrogens is 320 g/mol. The van der Waals surface area contributed by atoms with Crippen molar-refractivity contribution in [2.75, 3.05) is 13.1 Å². The van der Waals surface area contributed by atoms with Crippen LogP contribution < -0.4 is 0 Å². The van der Waals surface area contributed by atoms with Gasteiger partial charge in [0, 0.05) is 31.5 Å². The lowest BCUT2D eigenvalue weighted by Gasteiger charge is -2.37. The second kappa shape index (κ2) is 7.09. The summed E-state index contributed by atoms with van der Waals surface area (Å²) in [6, 6.07) is 9.67. The Bertz CT molecular complexity index is 756. The Balaban J connectivity index is 1.58. The lowest BCUT2D eigenvalue weighted by Crippen LogP contribution is -2.48. The maximum Gasteiger partial charge on any atom is 0.311 e. The number of likely N-dealkylation sites (tertiary alicyclic amines) is 1. The smallest absolute Gasteiger partial charge is 0.311 e. The van der Waals surface area contributed by atoms with Gasteiger partial charge < -0.3 is 14.4 Å². The predicted molar refractivity (Wildman–Crippen MR) is 91.8 cm³/mol. The first-order valence-corrected chi connectivity index (χ1v) is 8.49. The second-order valence-electron chi connectivity index (χ2n) is 6.77. The van der Waals surface area contributed by atoms with E-state index < -0.39 is 11.4 Å². The summed E-state index contributed by atoms with van der Waals surface area (Å²) in [6.07, 6.45) is 3.66. The Morgan fingerprint density at radius 3 is 2.80 bits per heavy atom. The van der Waals surface area contributed by atoms with Crippen molar-refractivity contribution in [1.82, 2.24) is 9.88 Å². The molecule has 1 saturated heterocycles. The number of carbonyl (C=O) groups is 2. The van der Waals surface area contributed by atoms with Gasteiger partial charge in [-0.3, -0.25) is 9.59 Å². The molecule has 1 aromatic heterocycles. The van der Waals surface area contributed by atoms with Crippen LogP contribution in [0.1, 0.15) is 32.1 Å². The van der Waals surface area contributed by atoms with Gasteiger partial charge in [0.25, 0.3) is 0 Å². The third-order valence-electron chi connectivity index (χ3n) is 4.73. The first kappa shape index (κ1) is 17.2. The molecular formula is C19H22N2O4. The Kier molecular flexibility index (Phi) is 4.88. The minimum Gasteiger partial charge on any atom is -0.481 e. The van der Waals surface area contributed by atoms with E-state index in [0.717, 1.165) is 5.56 Å². The summed E-state index contributed by atoms with van der Waals surface area (Å²) < 4.78 is 5.71. The van der Waals surface area contributed by atoms with Crippen LogP contribution in [-0.2, 0) is 16.0 Å². The minimum atomic E-state index is -0.850. The Morgan fingerprint density at radius 1 is 1.32 bits per heavy atom. The number of nitrogens with zero attached hydrogens (tertiary/aromatic N) is 2. The van der Waals surface area contributed by atoms with Gasteiger partial charge in [-0.2, -0.15) is 0 Å². The molecule has 25 heavy (non-hydrogen) atoms. The van der Waals surface area contributed by atoms with E-state index in [2.05, 4.69) is 4.98 Å². The van der Waals surface area contributed by atoms with Crippen LogP contribution in [0.25, 0.3) is 11.3 Å². The summed E-state index contributed by atoms with van der Waals surface area (Å²) in [7, 11) is 0. The van der Waals surface area contributed by atoms with Crippen LogP contribution in [0.5, 0.6) is 0 Å². The number of hydrogen-bond acceptors (Lipinski definition) is 4. The van der Waals surface area contributed by atoms with Gasteiger partial charge in [0.15, 0.2) is 11.7 Å². The van der Waals surface area contributed by atoms with Crippen molar-refractivity contribution in [3.05, 3.63) is 42.4 Å². The second-order valence-corrected chi connectivity index (χ2v) is 6.77. The highest BCUT2D eigenvalue weighted by molar-refractivity contribution is 5.79. The molecule has 0 spiro atoms. The topological polar surface area (TPSA) is 83.6 Å². The summed E-state index contributed by atoms with van der Waals surface area (Å²) in [6.45, 7) is 2.58. The van der Waals surface area contributed by atoms with Crippen molar-refractivity contribution in [2.45, 2.75) is 32.6 Å². The number of oxazole rings is 1. The molecule has 0 bridgehead atoms. The lowest BCUT2D eigenvalue weighted by molar-refractivity contribution is -0.153. The van der Waals surface area contributed by atoms with E-state index in [1.54, 1.807) is 18.0 Å². The van der Waals surface area contributed by atoms with Gasteiger partial charge in [0.05, 0.1) is 11.6 Å². The van der Waals surface area contributed by atoms with E-state index in [9.17, 15) is 14.7 Å².